The third-order valence-electron chi connectivity index (χ3n) is 8.15. The molecule has 1 fully saturated rings. The van der Waals surface area contributed by atoms with E-state index in [4.69, 9.17) is 14.7 Å². The van der Waals surface area contributed by atoms with Crippen LogP contribution in [0, 0.1) is 23.0 Å². The molecule has 1 N–H and O–H groups in total. The molecule has 1 aliphatic heterocycles. The van der Waals surface area contributed by atoms with Crippen LogP contribution >= 0.6 is 0 Å². The van der Waals surface area contributed by atoms with E-state index in [1.165, 1.54) is 18.2 Å². The number of piperidine rings is 1. The lowest BCUT2D eigenvalue weighted by Crippen LogP contribution is -2.38. The predicted octanol–water partition coefficient (Wildman–Crippen LogP) is 5.77. The summed E-state index contributed by atoms with van der Waals surface area (Å²) in [6.45, 7) is 5.16. The second kappa shape index (κ2) is 13.4. The van der Waals surface area contributed by atoms with Gasteiger partial charge in [-0.1, -0.05) is 12.1 Å². The fourth-order valence-corrected chi connectivity index (χ4v) is 5.71. The number of carbonyl (C=O) groups is 1. The van der Waals surface area contributed by atoms with Gasteiger partial charge in [-0.15, -0.1) is 0 Å². The zero-order valence-electron chi connectivity index (χ0n) is 25.2. The molecule has 3 aromatic carbocycles. The standard InChI is InChI=1S/C34H32F2N6O4/c1-2-41-21-38-17-25(41)18-42-30-15-24(34(43)44)14-29(36)33(30)39-32(42)19-40-10-8-26(9-11-40)46-27-5-3-4-23(12-27)20-45-31-7-6-22(16-37)13-28(31)35/h3-7,12-15,17,21,26H,2,8-11,18-20H2,1H3,(H,43,44). The van der Waals surface area contributed by atoms with Crippen molar-refractivity contribution in [3.8, 4) is 17.6 Å². The second-order valence-corrected chi connectivity index (χ2v) is 11.2. The zero-order valence-corrected chi connectivity index (χ0v) is 25.2. The van der Waals surface area contributed by atoms with Crippen LogP contribution in [0.25, 0.3) is 11.0 Å². The third-order valence-corrected chi connectivity index (χ3v) is 8.15. The highest BCUT2D eigenvalue weighted by molar-refractivity contribution is 5.92. The maximum atomic E-state index is 15.0. The van der Waals surface area contributed by atoms with Crippen LogP contribution < -0.4 is 9.47 Å². The summed E-state index contributed by atoms with van der Waals surface area (Å²) in [5, 5.41) is 18.5. The van der Waals surface area contributed by atoms with Gasteiger partial charge in [0.15, 0.2) is 17.4 Å². The van der Waals surface area contributed by atoms with Crippen LogP contribution in [-0.2, 0) is 26.2 Å². The van der Waals surface area contributed by atoms with E-state index in [0.717, 1.165) is 49.3 Å². The number of hydrogen-bond donors (Lipinski definition) is 1. The molecule has 0 saturated carbocycles. The van der Waals surface area contributed by atoms with Crippen molar-refractivity contribution in [2.45, 2.75) is 52.1 Å². The topological polar surface area (TPSA) is 118 Å². The number of carboxylic acids is 1. The minimum absolute atomic E-state index is 0.0170. The number of halogens is 2. The average Bonchev–Trinajstić information content (AvgIpc) is 3.66. The first kappa shape index (κ1) is 30.7. The molecule has 0 spiro atoms. The first-order valence-corrected chi connectivity index (χ1v) is 15.0. The Morgan fingerprint density at radius 1 is 1.09 bits per heavy atom. The number of rotatable bonds is 11. The molecule has 0 amide bonds. The highest BCUT2D eigenvalue weighted by atomic mass is 19.1. The molecule has 0 aliphatic carbocycles. The van der Waals surface area contributed by atoms with Crippen LogP contribution in [0.5, 0.6) is 11.5 Å². The van der Waals surface area contributed by atoms with Gasteiger partial charge in [-0.2, -0.15) is 5.26 Å². The molecule has 3 heterocycles. The first-order chi connectivity index (χ1) is 22.3. The molecular formula is C34H32F2N6O4. The van der Waals surface area contributed by atoms with Crippen molar-refractivity contribution in [2.75, 3.05) is 13.1 Å². The molecule has 6 rings (SSSR count). The van der Waals surface area contributed by atoms with Crippen molar-refractivity contribution in [3.05, 3.63) is 107 Å². The van der Waals surface area contributed by atoms with Gasteiger partial charge in [-0.3, -0.25) is 4.90 Å². The lowest BCUT2D eigenvalue weighted by atomic mass is 10.1. The number of imidazole rings is 2. The van der Waals surface area contributed by atoms with Gasteiger partial charge in [0.25, 0.3) is 0 Å². The predicted molar refractivity (Wildman–Crippen MR) is 164 cm³/mol. The lowest BCUT2D eigenvalue weighted by molar-refractivity contribution is 0.0696. The fraction of sp³-hybridized carbons (Fsp3) is 0.294. The number of carboxylic acid groups (broad SMARTS) is 1. The zero-order chi connectivity index (χ0) is 32.2. The van der Waals surface area contributed by atoms with Crippen LogP contribution in [0.15, 0.2) is 67.1 Å². The van der Waals surface area contributed by atoms with E-state index in [1.807, 2.05) is 46.4 Å². The number of benzene rings is 3. The van der Waals surface area contributed by atoms with Gasteiger partial charge in [-0.05, 0) is 67.8 Å². The SMILES string of the molecule is CCn1cncc1Cn1c(CN2CCC(Oc3cccc(COc4ccc(C#N)cc4F)c3)CC2)nc2c(F)cc(C(=O)O)cc21. The molecular weight excluding hydrogens is 594 g/mol. The highest BCUT2D eigenvalue weighted by Gasteiger charge is 2.24. The summed E-state index contributed by atoms with van der Waals surface area (Å²) in [7, 11) is 0. The minimum atomic E-state index is -1.20. The summed E-state index contributed by atoms with van der Waals surface area (Å²) in [5.74, 6) is -1.04. The van der Waals surface area contributed by atoms with E-state index in [1.54, 1.807) is 12.5 Å². The van der Waals surface area contributed by atoms with Gasteiger partial charge in [0, 0.05) is 25.8 Å². The Balaban J connectivity index is 1.11. The summed E-state index contributed by atoms with van der Waals surface area (Å²) in [6.07, 6.45) is 5.00. The van der Waals surface area contributed by atoms with Gasteiger partial charge in [0.2, 0.25) is 0 Å². The molecule has 236 valence electrons. The number of ether oxygens (including phenoxy) is 2. The molecule has 46 heavy (non-hydrogen) atoms. The molecule has 1 aliphatic rings. The number of likely N-dealkylation sites (tertiary alicyclic amines) is 1. The summed E-state index contributed by atoms with van der Waals surface area (Å²) in [5.41, 5.74) is 2.41. The lowest BCUT2D eigenvalue weighted by Gasteiger charge is -2.32. The summed E-state index contributed by atoms with van der Waals surface area (Å²) in [4.78, 5) is 22.8. The van der Waals surface area contributed by atoms with Crippen molar-refractivity contribution < 1.29 is 28.2 Å². The monoisotopic (exact) mass is 626 g/mol. The molecule has 0 radical (unpaired) electrons. The van der Waals surface area contributed by atoms with Gasteiger partial charge < -0.3 is 23.7 Å². The molecule has 10 nitrogen and oxygen atoms in total. The van der Waals surface area contributed by atoms with E-state index >= 15 is 4.39 Å². The van der Waals surface area contributed by atoms with Crippen molar-refractivity contribution in [2.24, 2.45) is 0 Å². The Kier molecular flexibility index (Phi) is 8.94. The van der Waals surface area contributed by atoms with Crippen molar-refractivity contribution in [1.29, 1.82) is 5.26 Å². The van der Waals surface area contributed by atoms with Crippen molar-refractivity contribution in [3.63, 3.8) is 0 Å². The largest absolute Gasteiger partial charge is 0.490 e. The molecule has 1 saturated heterocycles. The Labute approximate surface area is 264 Å². The molecule has 12 heteroatoms. The Hall–Kier alpha value is -5.28. The average molecular weight is 627 g/mol. The van der Waals surface area contributed by atoms with E-state index < -0.39 is 17.6 Å². The molecule has 0 unspecified atom stereocenters. The highest BCUT2D eigenvalue weighted by Crippen LogP contribution is 2.27. The molecule has 5 aromatic rings. The van der Waals surface area contributed by atoms with Gasteiger partial charge in [0.05, 0.1) is 47.8 Å². The van der Waals surface area contributed by atoms with E-state index in [2.05, 4.69) is 14.9 Å². The number of aryl methyl sites for hydroxylation is 1. The summed E-state index contributed by atoms with van der Waals surface area (Å²) < 4.78 is 45.0. The third kappa shape index (κ3) is 6.69. The van der Waals surface area contributed by atoms with Crippen LogP contribution in [0.2, 0.25) is 0 Å². The van der Waals surface area contributed by atoms with Gasteiger partial charge >= 0.3 is 5.97 Å². The van der Waals surface area contributed by atoms with E-state index in [9.17, 15) is 14.3 Å². The number of hydrogen-bond acceptors (Lipinski definition) is 7. The van der Waals surface area contributed by atoms with Crippen LogP contribution in [0.4, 0.5) is 8.78 Å². The summed E-state index contributed by atoms with van der Waals surface area (Å²) >= 11 is 0. The second-order valence-electron chi connectivity index (χ2n) is 11.2. The van der Waals surface area contributed by atoms with Crippen LogP contribution in [0.3, 0.4) is 0 Å². The maximum Gasteiger partial charge on any atom is 0.335 e. The van der Waals surface area contributed by atoms with Crippen molar-refractivity contribution >= 4 is 17.0 Å². The Bertz CT molecular complexity index is 1920. The normalized spacial score (nSPS) is 14.0. The number of aromatic carboxylic acids is 1. The van der Waals surface area contributed by atoms with Crippen LogP contribution in [0.1, 0.15) is 52.8 Å². The van der Waals surface area contributed by atoms with Gasteiger partial charge in [-0.25, -0.2) is 23.5 Å². The number of fused-ring (bicyclic) bond motifs is 1. The molecule has 0 atom stereocenters. The quantitative estimate of drug-likeness (QED) is 0.196. The summed E-state index contributed by atoms with van der Waals surface area (Å²) in [6, 6.07) is 16.0. The Morgan fingerprint density at radius 3 is 2.65 bits per heavy atom. The van der Waals surface area contributed by atoms with Crippen LogP contribution in [-0.4, -0.2) is 54.3 Å². The smallest absolute Gasteiger partial charge is 0.335 e. The van der Waals surface area contributed by atoms with E-state index in [0.29, 0.717) is 36.7 Å². The number of nitrogens with zero attached hydrogens (tertiary/aromatic N) is 6. The number of aromatic nitrogens is 4. The van der Waals surface area contributed by atoms with Gasteiger partial charge in [0.1, 0.15) is 29.8 Å². The first-order valence-electron chi connectivity index (χ1n) is 15.0. The fourth-order valence-electron chi connectivity index (χ4n) is 5.71. The number of nitriles is 1. The maximum absolute atomic E-state index is 15.0. The van der Waals surface area contributed by atoms with Crippen molar-refractivity contribution in [1.82, 2.24) is 24.0 Å². The molecule has 2 aromatic heterocycles. The Morgan fingerprint density at radius 2 is 1.91 bits per heavy atom. The van der Waals surface area contributed by atoms with E-state index in [-0.39, 0.29) is 35.1 Å². The minimum Gasteiger partial charge on any atom is -0.490 e. The molecule has 0 bridgehead atoms.